The molecule has 0 aliphatic carbocycles. The van der Waals surface area contributed by atoms with Crippen LogP contribution in [0.1, 0.15) is 19.8 Å². The maximum atomic E-state index is 13.0. The number of benzene rings is 1. The molecule has 0 spiro atoms. The predicted molar refractivity (Wildman–Crippen MR) is 86.9 cm³/mol. The number of aromatic nitrogens is 1. The van der Waals surface area contributed by atoms with Gasteiger partial charge < -0.3 is 5.73 Å². The molecule has 6 heteroatoms. The fourth-order valence-electron chi connectivity index (χ4n) is 3.06. The topological polar surface area (TPSA) is 76.3 Å². The van der Waals surface area contributed by atoms with Crippen LogP contribution in [0.3, 0.4) is 0 Å². The van der Waals surface area contributed by atoms with Crippen LogP contribution in [-0.4, -0.2) is 36.8 Å². The van der Waals surface area contributed by atoms with Crippen LogP contribution in [0.2, 0.25) is 0 Å². The number of sulfonamides is 1. The fourth-order valence-corrected chi connectivity index (χ4v) is 4.80. The Morgan fingerprint density at radius 3 is 2.91 bits per heavy atom. The average molecular weight is 319 g/mol. The molecule has 0 radical (unpaired) electrons. The van der Waals surface area contributed by atoms with Gasteiger partial charge in [0.2, 0.25) is 10.0 Å². The summed E-state index contributed by atoms with van der Waals surface area (Å²) in [5, 5.41) is 0.674. The summed E-state index contributed by atoms with van der Waals surface area (Å²) in [6.07, 6.45) is 3.51. The Labute approximate surface area is 131 Å². The van der Waals surface area contributed by atoms with E-state index < -0.39 is 10.0 Å². The van der Waals surface area contributed by atoms with Gasteiger partial charge in [0.15, 0.2) is 0 Å². The van der Waals surface area contributed by atoms with E-state index in [-0.39, 0.29) is 12.0 Å². The Hall–Kier alpha value is -1.50. The number of fused-ring (bicyclic) bond motifs is 1. The minimum absolute atomic E-state index is 0.00665. The van der Waals surface area contributed by atoms with Gasteiger partial charge in [-0.3, -0.25) is 4.98 Å². The first kappa shape index (κ1) is 15.4. The van der Waals surface area contributed by atoms with Crippen molar-refractivity contribution in [2.75, 3.05) is 13.1 Å². The highest BCUT2D eigenvalue weighted by Gasteiger charge is 2.32. The summed E-state index contributed by atoms with van der Waals surface area (Å²) >= 11 is 0. The van der Waals surface area contributed by atoms with E-state index >= 15 is 0 Å². The molecule has 2 atom stereocenters. The van der Waals surface area contributed by atoms with E-state index in [1.165, 1.54) is 0 Å². The summed E-state index contributed by atoms with van der Waals surface area (Å²) in [4.78, 5) is 4.58. The first-order valence-electron chi connectivity index (χ1n) is 7.59. The molecular weight excluding hydrogens is 298 g/mol. The molecule has 2 heterocycles. The highest BCUT2D eigenvalue weighted by Crippen LogP contribution is 2.28. The normalized spacial score (nSPS) is 21.8. The van der Waals surface area contributed by atoms with Crippen LogP contribution < -0.4 is 5.73 Å². The predicted octanol–water partition coefficient (Wildman–Crippen LogP) is 1.98. The van der Waals surface area contributed by atoms with Crippen molar-refractivity contribution in [3.05, 3.63) is 36.5 Å². The number of nitrogens with two attached hydrogens (primary N) is 1. The molecule has 2 unspecified atom stereocenters. The third-order valence-electron chi connectivity index (χ3n) is 4.39. The van der Waals surface area contributed by atoms with Gasteiger partial charge in [-0.25, -0.2) is 8.42 Å². The zero-order valence-electron chi connectivity index (χ0n) is 12.6. The average Bonchev–Trinajstić information content (AvgIpc) is 2.54. The first-order valence-corrected chi connectivity index (χ1v) is 9.03. The van der Waals surface area contributed by atoms with Gasteiger partial charge in [-0.1, -0.05) is 6.07 Å². The van der Waals surface area contributed by atoms with E-state index in [1.807, 2.05) is 19.1 Å². The van der Waals surface area contributed by atoms with Gasteiger partial charge in [0.05, 0.1) is 10.4 Å². The molecule has 22 heavy (non-hydrogen) atoms. The summed E-state index contributed by atoms with van der Waals surface area (Å²) in [7, 11) is -3.52. The van der Waals surface area contributed by atoms with Crippen molar-refractivity contribution < 1.29 is 8.42 Å². The number of pyridine rings is 1. The molecule has 0 bridgehead atoms. The molecule has 1 aliphatic rings. The van der Waals surface area contributed by atoms with E-state index in [1.54, 1.807) is 28.7 Å². The lowest BCUT2D eigenvalue weighted by Gasteiger charge is -2.33. The smallest absolute Gasteiger partial charge is 0.243 e. The standard InChI is InChI=1S/C16H21N3O2S/c1-12(17)13-5-4-10-19(11-13)22(20,21)16-8-2-7-15-14(16)6-3-9-18-15/h2-3,6-9,12-13H,4-5,10-11,17H2,1H3. The van der Waals surface area contributed by atoms with E-state index in [2.05, 4.69) is 4.98 Å². The SMILES string of the molecule is CC(N)C1CCCN(S(=O)(=O)c2cccc3ncccc23)C1. The molecule has 1 aliphatic heterocycles. The van der Waals surface area contributed by atoms with E-state index in [0.29, 0.717) is 28.9 Å². The minimum Gasteiger partial charge on any atom is -0.328 e. The van der Waals surface area contributed by atoms with Crippen molar-refractivity contribution in [1.82, 2.24) is 9.29 Å². The van der Waals surface area contributed by atoms with Crippen LogP contribution in [-0.2, 0) is 10.0 Å². The monoisotopic (exact) mass is 319 g/mol. The highest BCUT2D eigenvalue weighted by atomic mass is 32.2. The molecule has 2 N–H and O–H groups in total. The molecule has 1 saturated heterocycles. The zero-order valence-corrected chi connectivity index (χ0v) is 13.5. The lowest BCUT2D eigenvalue weighted by atomic mass is 9.93. The van der Waals surface area contributed by atoms with Crippen LogP contribution in [0.4, 0.5) is 0 Å². The second kappa shape index (κ2) is 5.95. The first-order chi connectivity index (χ1) is 10.5. The Kier molecular flexibility index (Phi) is 4.16. The van der Waals surface area contributed by atoms with Crippen LogP contribution in [0.25, 0.3) is 10.9 Å². The summed E-state index contributed by atoms with van der Waals surface area (Å²) < 4.78 is 27.6. The second-order valence-corrected chi connectivity index (χ2v) is 7.86. The molecule has 118 valence electrons. The van der Waals surface area contributed by atoms with Crippen molar-refractivity contribution in [3.63, 3.8) is 0 Å². The third kappa shape index (κ3) is 2.74. The molecule has 1 fully saturated rings. The largest absolute Gasteiger partial charge is 0.328 e. The molecule has 0 amide bonds. The van der Waals surface area contributed by atoms with Crippen molar-refractivity contribution >= 4 is 20.9 Å². The molecule has 5 nitrogen and oxygen atoms in total. The maximum absolute atomic E-state index is 13.0. The number of hydrogen-bond donors (Lipinski definition) is 1. The van der Waals surface area contributed by atoms with Crippen molar-refractivity contribution in [3.8, 4) is 0 Å². The van der Waals surface area contributed by atoms with Crippen molar-refractivity contribution in [2.45, 2.75) is 30.7 Å². The summed E-state index contributed by atoms with van der Waals surface area (Å²) in [6.45, 7) is 3.00. The molecule has 2 aromatic rings. The van der Waals surface area contributed by atoms with Gasteiger partial charge in [-0.15, -0.1) is 0 Å². The van der Waals surface area contributed by atoms with Crippen LogP contribution in [0, 0.1) is 5.92 Å². The lowest BCUT2D eigenvalue weighted by Crippen LogP contribution is -2.44. The number of nitrogens with zero attached hydrogens (tertiary/aromatic N) is 2. The van der Waals surface area contributed by atoms with Gasteiger partial charge in [0.1, 0.15) is 0 Å². The number of rotatable bonds is 3. The summed E-state index contributed by atoms with van der Waals surface area (Å²) in [5.74, 6) is 0.219. The van der Waals surface area contributed by atoms with Crippen molar-refractivity contribution in [2.24, 2.45) is 11.7 Å². The van der Waals surface area contributed by atoms with Crippen LogP contribution >= 0.6 is 0 Å². The molecular formula is C16H21N3O2S. The quantitative estimate of drug-likeness (QED) is 0.938. The van der Waals surface area contributed by atoms with Gasteiger partial charge in [-0.2, -0.15) is 4.31 Å². The zero-order chi connectivity index (χ0) is 15.7. The van der Waals surface area contributed by atoms with Gasteiger partial charge in [0, 0.05) is 30.7 Å². The second-order valence-electron chi connectivity index (χ2n) is 5.95. The van der Waals surface area contributed by atoms with Crippen molar-refractivity contribution in [1.29, 1.82) is 0 Å². The molecule has 0 saturated carbocycles. The Morgan fingerprint density at radius 2 is 2.14 bits per heavy atom. The molecule has 1 aromatic carbocycles. The third-order valence-corrected chi connectivity index (χ3v) is 6.31. The minimum atomic E-state index is -3.52. The number of hydrogen-bond acceptors (Lipinski definition) is 4. The fraction of sp³-hybridized carbons (Fsp3) is 0.438. The molecule has 3 rings (SSSR count). The summed E-state index contributed by atoms with van der Waals surface area (Å²) in [5.41, 5.74) is 6.67. The van der Waals surface area contributed by atoms with E-state index in [0.717, 1.165) is 12.8 Å². The highest BCUT2D eigenvalue weighted by molar-refractivity contribution is 7.89. The van der Waals surface area contributed by atoms with Gasteiger partial charge in [-0.05, 0) is 49.9 Å². The Bertz CT molecular complexity index is 769. The Morgan fingerprint density at radius 1 is 1.32 bits per heavy atom. The lowest BCUT2D eigenvalue weighted by molar-refractivity contribution is 0.243. The van der Waals surface area contributed by atoms with Crippen LogP contribution in [0.5, 0.6) is 0 Å². The Balaban J connectivity index is 2.01. The van der Waals surface area contributed by atoms with Crippen LogP contribution in [0.15, 0.2) is 41.4 Å². The van der Waals surface area contributed by atoms with E-state index in [9.17, 15) is 8.42 Å². The summed E-state index contributed by atoms with van der Waals surface area (Å²) in [6, 6.07) is 8.82. The maximum Gasteiger partial charge on any atom is 0.243 e. The molecule has 1 aromatic heterocycles. The van der Waals surface area contributed by atoms with E-state index in [4.69, 9.17) is 5.73 Å². The number of piperidine rings is 1. The van der Waals surface area contributed by atoms with Gasteiger partial charge in [0.25, 0.3) is 0 Å². The van der Waals surface area contributed by atoms with Gasteiger partial charge >= 0.3 is 0 Å².